The molecule has 0 spiro atoms. The van der Waals surface area contributed by atoms with Crippen LogP contribution in [0.2, 0.25) is 0 Å². The van der Waals surface area contributed by atoms with E-state index in [0.717, 1.165) is 17.7 Å². The first-order valence-corrected chi connectivity index (χ1v) is 5.71. The molecule has 0 saturated carbocycles. The zero-order valence-corrected chi connectivity index (χ0v) is 10.2. The van der Waals surface area contributed by atoms with Crippen LogP contribution in [0.3, 0.4) is 0 Å². The van der Waals surface area contributed by atoms with Gasteiger partial charge < -0.3 is 10.6 Å². The van der Waals surface area contributed by atoms with E-state index in [1.165, 1.54) is 0 Å². The van der Waals surface area contributed by atoms with Crippen LogP contribution in [0.4, 0.5) is 0 Å². The summed E-state index contributed by atoms with van der Waals surface area (Å²) in [6.07, 6.45) is 0. The van der Waals surface area contributed by atoms with Gasteiger partial charge in [0.05, 0.1) is 0 Å². The van der Waals surface area contributed by atoms with Gasteiger partial charge in [0.2, 0.25) is 0 Å². The maximum Gasteiger partial charge on any atom is 0.251 e. The van der Waals surface area contributed by atoms with E-state index in [9.17, 15) is 4.79 Å². The molecule has 16 heavy (non-hydrogen) atoms. The number of hydrogen-bond donors (Lipinski definition) is 2. The zero-order chi connectivity index (χ0) is 12.0. The Kier molecular flexibility index (Phi) is 4.99. The second-order valence-corrected chi connectivity index (χ2v) is 4.04. The summed E-state index contributed by atoms with van der Waals surface area (Å²) in [7, 11) is 0. The predicted octanol–water partition coefficient (Wildman–Crippen LogP) is 1.72. The van der Waals surface area contributed by atoms with E-state index in [-0.39, 0.29) is 5.91 Å². The van der Waals surface area contributed by atoms with Gasteiger partial charge in [0.25, 0.3) is 5.91 Å². The van der Waals surface area contributed by atoms with Gasteiger partial charge in [0.15, 0.2) is 0 Å². The molecule has 0 aliphatic heterocycles. The first-order valence-electron chi connectivity index (χ1n) is 5.71. The van der Waals surface area contributed by atoms with Crippen LogP contribution < -0.4 is 10.6 Å². The number of nitrogens with one attached hydrogen (secondary N) is 2. The summed E-state index contributed by atoms with van der Waals surface area (Å²) >= 11 is 0. The van der Waals surface area contributed by atoms with E-state index in [0.29, 0.717) is 12.6 Å². The lowest BCUT2D eigenvalue weighted by molar-refractivity contribution is 0.0950. The number of aryl methyl sites for hydroxylation is 1. The molecule has 3 heteroatoms. The largest absolute Gasteiger partial charge is 0.350 e. The molecular formula is C13H20N2O. The Hall–Kier alpha value is -1.35. The molecule has 1 rings (SSSR count). The third-order valence-electron chi connectivity index (χ3n) is 2.40. The van der Waals surface area contributed by atoms with Gasteiger partial charge in [0.1, 0.15) is 0 Å². The van der Waals surface area contributed by atoms with Crippen LogP contribution in [0, 0.1) is 6.92 Å². The number of carbonyl (C=O) groups is 1. The maximum absolute atomic E-state index is 11.8. The standard InChI is InChI=1S/C13H20N2O/c1-4-14-11(3)9-15-13(16)12-7-5-6-10(2)8-12/h5-8,11,14H,4,9H2,1-3H3,(H,15,16)/t11-/m1/s1. The van der Waals surface area contributed by atoms with Crippen LogP contribution in [0.1, 0.15) is 29.8 Å². The third-order valence-corrected chi connectivity index (χ3v) is 2.40. The van der Waals surface area contributed by atoms with Crippen molar-refractivity contribution in [2.45, 2.75) is 26.8 Å². The summed E-state index contributed by atoms with van der Waals surface area (Å²) in [5.74, 6) is -0.00606. The van der Waals surface area contributed by atoms with Crippen molar-refractivity contribution in [3.63, 3.8) is 0 Å². The van der Waals surface area contributed by atoms with Crippen LogP contribution in [0.5, 0.6) is 0 Å². The topological polar surface area (TPSA) is 41.1 Å². The fourth-order valence-corrected chi connectivity index (χ4v) is 1.55. The lowest BCUT2D eigenvalue weighted by Crippen LogP contribution is -2.38. The highest BCUT2D eigenvalue weighted by atomic mass is 16.1. The minimum absolute atomic E-state index is 0.00606. The SMILES string of the molecule is CCN[C@H](C)CNC(=O)c1cccc(C)c1. The fraction of sp³-hybridized carbons (Fsp3) is 0.462. The van der Waals surface area contributed by atoms with E-state index >= 15 is 0 Å². The van der Waals surface area contributed by atoms with Crippen LogP contribution in [-0.4, -0.2) is 25.0 Å². The van der Waals surface area contributed by atoms with Gasteiger partial charge in [-0.1, -0.05) is 24.6 Å². The average molecular weight is 220 g/mol. The van der Waals surface area contributed by atoms with E-state index in [1.54, 1.807) is 0 Å². The van der Waals surface area contributed by atoms with E-state index < -0.39 is 0 Å². The highest BCUT2D eigenvalue weighted by Crippen LogP contribution is 2.03. The average Bonchev–Trinajstić information content (AvgIpc) is 2.26. The van der Waals surface area contributed by atoms with Crippen LogP contribution in [0.25, 0.3) is 0 Å². The molecule has 0 aliphatic carbocycles. The summed E-state index contributed by atoms with van der Waals surface area (Å²) in [5, 5.41) is 6.16. The summed E-state index contributed by atoms with van der Waals surface area (Å²) < 4.78 is 0. The van der Waals surface area contributed by atoms with Crippen molar-refractivity contribution >= 4 is 5.91 Å². The second-order valence-electron chi connectivity index (χ2n) is 4.04. The lowest BCUT2D eigenvalue weighted by atomic mass is 10.1. The van der Waals surface area contributed by atoms with Gasteiger partial charge in [-0.25, -0.2) is 0 Å². The molecule has 1 atom stereocenters. The number of likely N-dealkylation sites (N-methyl/N-ethyl adjacent to an activating group) is 1. The third kappa shape index (κ3) is 4.03. The first kappa shape index (κ1) is 12.7. The van der Waals surface area contributed by atoms with Crippen LogP contribution >= 0.6 is 0 Å². The summed E-state index contributed by atoms with van der Waals surface area (Å²) in [4.78, 5) is 11.8. The molecule has 1 aromatic rings. The van der Waals surface area contributed by atoms with E-state index in [2.05, 4.69) is 24.5 Å². The minimum Gasteiger partial charge on any atom is -0.350 e. The van der Waals surface area contributed by atoms with Crippen molar-refractivity contribution in [2.75, 3.05) is 13.1 Å². The van der Waals surface area contributed by atoms with Crippen molar-refractivity contribution in [2.24, 2.45) is 0 Å². The van der Waals surface area contributed by atoms with Gasteiger partial charge in [-0.2, -0.15) is 0 Å². The molecule has 2 N–H and O–H groups in total. The van der Waals surface area contributed by atoms with E-state index in [1.807, 2.05) is 31.2 Å². The first-order chi connectivity index (χ1) is 7.63. The molecule has 1 amide bonds. The highest BCUT2D eigenvalue weighted by molar-refractivity contribution is 5.94. The van der Waals surface area contributed by atoms with Gasteiger partial charge in [-0.15, -0.1) is 0 Å². The van der Waals surface area contributed by atoms with Crippen molar-refractivity contribution < 1.29 is 4.79 Å². The Morgan fingerprint density at radius 2 is 2.19 bits per heavy atom. The van der Waals surface area contributed by atoms with E-state index in [4.69, 9.17) is 0 Å². The molecule has 0 radical (unpaired) electrons. The molecule has 1 aromatic carbocycles. The van der Waals surface area contributed by atoms with Gasteiger partial charge in [-0.05, 0) is 32.5 Å². The predicted molar refractivity (Wildman–Crippen MR) is 66.7 cm³/mol. The second kappa shape index (κ2) is 6.28. The van der Waals surface area contributed by atoms with Crippen molar-refractivity contribution in [3.05, 3.63) is 35.4 Å². The summed E-state index contributed by atoms with van der Waals surface area (Å²) in [5.41, 5.74) is 1.83. The number of amides is 1. The number of rotatable bonds is 5. The van der Waals surface area contributed by atoms with Gasteiger partial charge >= 0.3 is 0 Å². The Bertz CT molecular complexity index is 350. The number of carbonyl (C=O) groups excluding carboxylic acids is 1. The number of hydrogen-bond acceptors (Lipinski definition) is 2. The normalized spacial score (nSPS) is 12.2. The molecule has 0 heterocycles. The summed E-state index contributed by atoms with van der Waals surface area (Å²) in [6.45, 7) is 7.67. The van der Waals surface area contributed by atoms with Crippen molar-refractivity contribution in [3.8, 4) is 0 Å². The molecule has 0 fully saturated rings. The Morgan fingerprint density at radius 1 is 1.44 bits per heavy atom. The summed E-state index contributed by atoms with van der Waals surface area (Å²) in [6, 6.07) is 7.92. The molecule has 88 valence electrons. The fourth-order valence-electron chi connectivity index (χ4n) is 1.55. The van der Waals surface area contributed by atoms with Crippen molar-refractivity contribution in [1.82, 2.24) is 10.6 Å². The molecule has 0 unspecified atom stereocenters. The highest BCUT2D eigenvalue weighted by Gasteiger charge is 2.06. The van der Waals surface area contributed by atoms with Gasteiger partial charge in [0, 0.05) is 18.2 Å². The zero-order valence-electron chi connectivity index (χ0n) is 10.2. The Labute approximate surface area is 97.2 Å². The maximum atomic E-state index is 11.8. The number of benzene rings is 1. The molecule has 0 aliphatic rings. The molecule has 0 bridgehead atoms. The minimum atomic E-state index is -0.00606. The quantitative estimate of drug-likeness (QED) is 0.793. The molecular weight excluding hydrogens is 200 g/mol. The Balaban J connectivity index is 2.47. The molecule has 3 nitrogen and oxygen atoms in total. The Morgan fingerprint density at radius 3 is 2.81 bits per heavy atom. The van der Waals surface area contributed by atoms with Crippen molar-refractivity contribution in [1.29, 1.82) is 0 Å². The van der Waals surface area contributed by atoms with Crippen LogP contribution in [0.15, 0.2) is 24.3 Å². The lowest BCUT2D eigenvalue weighted by Gasteiger charge is -2.13. The molecule has 0 aromatic heterocycles. The van der Waals surface area contributed by atoms with Gasteiger partial charge in [-0.3, -0.25) is 4.79 Å². The molecule has 0 saturated heterocycles. The van der Waals surface area contributed by atoms with Crippen LogP contribution in [-0.2, 0) is 0 Å². The monoisotopic (exact) mass is 220 g/mol. The smallest absolute Gasteiger partial charge is 0.251 e.